The molecule has 0 spiro atoms. The Hall–Kier alpha value is -3.91. The summed E-state index contributed by atoms with van der Waals surface area (Å²) < 4.78 is 7.29. The normalized spacial score (nSPS) is 20.0. The van der Waals surface area contributed by atoms with Crippen molar-refractivity contribution < 1.29 is 33.3 Å². The third-order valence-corrected chi connectivity index (χ3v) is 7.54. The van der Waals surface area contributed by atoms with E-state index in [1.54, 1.807) is 23.1 Å². The molecule has 14 heteroatoms. The lowest BCUT2D eigenvalue weighted by molar-refractivity contribution is -0.669. The molecule has 3 N–H and O–H groups in total. The maximum absolute atomic E-state index is 13.0. The fourth-order valence-electron chi connectivity index (χ4n) is 4.01. The molecule has 2 amide bonds. The number of amides is 2. The van der Waals surface area contributed by atoms with Gasteiger partial charge in [-0.25, -0.2) is 4.98 Å². The van der Waals surface area contributed by atoms with Gasteiger partial charge in [-0.2, -0.15) is 4.57 Å². The molecule has 1 fully saturated rings. The molecule has 2 aliphatic rings. The highest BCUT2D eigenvalue weighted by Crippen LogP contribution is 2.40. The third kappa shape index (κ3) is 4.00. The minimum absolute atomic E-state index is 0.146. The molecule has 0 radical (unpaired) electrons. The Morgan fingerprint density at radius 3 is 3.00 bits per heavy atom. The van der Waals surface area contributed by atoms with Gasteiger partial charge in [0.05, 0.1) is 23.3 Å². The van der Waals surface area contributed by atoms with Gasteiger partial charge in [-0.3, -0.25) is 14.5 Å². The fourth-order valence-corrected chi connectivity index (χ4v) is 5.90. The second-order valence-corrected chi connectivity index (χ2v) is 9.61. The lowest BCUT2D eigenvalue weighted by Crippen LogP contribution is -2.71. The van der Waals surface area contributed by atoms with E-state index in [1.165, 1.54) is 24.3 Å². The lowest BCUT2D eigenvalue weighted by atomic mass is 10.0. The van der Waals surface area contributed by atoms with Gasteiger partial charge in [-0.15, -0.1) is 23.1 Å². The molecule has 5 rings (SSSR count). The number of anilines is 1. The summed E-state index contributed by atoms with van der Waals surface area (Å²) in [6.07, 6.45) is 3.32. The molecule has 0 unspecified atom stereocenters. The van der Waals surface area contributed by atoms with Crippen molar-refractivity contribution in [2.24, 2.45) is 5.16 Å². The molecule has 2 atom stereocenters. The number of thioether (sulfide) groups is 1. The quantitative estimate of drug-likeness (QED) is 0.178. The van der Waals surface area contributed by atoms with Gasteiger partial charge < -0.3 is 30.2 Å². The first-order valence-corrected chi connectivity index (χ1v) is 12.2. The Labute approximate surface area is 206 Å². The van der Waals surface area contributed by atoms with Gasteiger partial charge in [0.2, 0.25) is 0 Å². The molecule has 0 aromatic carbocycles. The first-order chi connectivity index (χ1) is 16.9. The van der Waals surface area contributed by atoms with Crippen LogP contribution in [0.15, 0.2) is 56.9 Å². The smallest absolute Gasteiger partial charge is 0.380 e. The van der Waals surface area contributed by atoms with Crippen LogP contribution in [0.5, 0.6) is 0 Å². The highest BCUT2D eigenvalue weighted by atomic mass is 32.2. The number of pyridine rings is 1. The van der Waals surface area contributed by atoms with Gasteiger partial charge in [0.25, 0.3) is 11.8 Å². The van der Waals surface area contributed by atoms with Crippen LogP contribution in [-0.2, 0) is 25.8 Å². The van der Waals surface area contributed by atoms with Gasteiger partial charge in [-0.05, 0) is 12.1 Å². The van der Waals surface area contributed by atoms with Crippen molar-refractivity contribution in [2.75, 3.05) is 18.6 Å². The van der Waals surface area contributed by atoms with Crippen LogP contribution in [0.3, 0.4) is 0 Å². The summed E-state index contributed by atoms with van der Waals surface area (Å²) in [6, 6.07) is 4.55. The van der Waals surface area contributed by atoms with Crippen LogP contribution in [-0.4, -0.2) is 57.7 Å². The highest BCUT2D eigenvalue weighted by Gasteiger charge is 2.53. The Morgan fingerprint density at radius 1 is 1.46 bits per heavy atom. The standard InChI is InChI=1S/C21H18N6O6S2/c1-32-25-13(12-9-35-21(22)23-12)16(28)24-14-17(29)27-15(20(30)31)11(8-34-19(14)27)7-26-5-2-3-10-4-6-33-18(10)26/h2-6,9,14,19H,7-8H2,1H3,(H3-,22,23,24,28,30,31)/b25-13-/t14-,19-/m1/s1. The minimum Gasteiger partial charge on any atom is -0.543 e. The Bertz CT molecular complexity index is 1410. The molecule has 180 valence electrons. The van der Waals surface area contributed by atoms with Crippen LogP contribution in [0.4, 0.5) is 5.13 Å². The van der Waals surface area contributed by atoms with Crippen LogP contribution < -0.4 is 20.7 Å². The number of nitrogens with one attached hydrogen (secondary N) is 1. The lowest BCUT2D eigenvalue weighted by Gasteiger charge is -2.50. The number of carboxylic acid groups (broad SMARTS) is 1. The van der Waals surface area contributed by atoms with Gasteiger partial charge in [0.15, 0.2) is 23.6 Å². The minimum atomic E-state index is -1.46. The average Bonchev–Trinajstić information content (AvgIpc) is 3.49. The van der Waals surface area contributed by atoms with E-state index in [4.69, 9.17) is 15.0 Å². The number of furan rings is 1. The van der Waals surface area contributed by atoms with E-state index in [1.807, 2.05) is 12.1 Å². The number of β-lactam (4-membered cyclic amide) rings is 1. The van der Waals surface area contributed by atoms with Crippen LogP contribution >= 0.6 is 23.1 Å². The van der Waals surface area contributed by atoms with E-state index in [-0.39, 0.29) is 28.8 Å². The summed E-state index contributed by atoms with van der Waals surface area (Å²) in [5.41, 5.74) is 6.58. The van der Waals surface area contributed by atoms with Crippen LogP contribution in [0, 0.1) is 0 Å². The van der Waals surface area contributed by atoms with Gasteiger partial charge >= 0.3 is 5.71 Å². The van der Waals surface area contributed by atoms with Crippen molar-refractivity contribution in [1.82, 2.24) is 15.2 Å². The van der Waals surface area contributed by atoms with Gasteiger partial charge in [-0.1, -0.05) is 5.16 Å². The van der Waals surface area contributed by atoms with Crippen molar-refractivity contribution in [3.63, 3.8) is 0 Å². The van der Waals surface area contributed by atoms with Gasteiger partial charge in [0, 0.05) is 22.8 Å². The van der Waals surface area contributed by atoms with Crippen molar-refractivity contribution >= 4 is 62.8 Å². The summed E-state index contributed by atoms with van der Waals surface area (Å²) in [7, 11) is 1.27. The molecule has 0 bridgehead atoms. The van der Waals surface area contributed by atoms with Crippen molar-refractivity contribution in [2.45, 2.75) is 18.0 Å². The number of carbonyl (C=O) groups excluding carboxylic acids is 3. The van der Waals surface area contributed by atoms with Crippen LogP contribution in [0.1, 0.15) is 5.69 Å². The first-order valence-electron chi connectivity index (χ1n) is 10.3. The van der Waals surface area contributed by atoms with E-state index in [0.717, 1.165) is 21.6 Å². The second-order valence-electron chi connectivity index (χ2n) is 7.61. The number of aliphatic carboxylic acids is 1. The molecule has 3 aromatic rings. The monoisotopic (exact) mass is 514 g/mol. The summed E-state index contributed by atoms with van der Waals surface area (Å²) in [5.74, 6) is -2.41. The molecule has 5 heterocycles. The molecule has 1 saturated heterocycles. The number of fused-ring (bicyclic) bond motifs is 2. The number of aromatic nitrogens is 2. The molecule has 0 saturated carbocycles. The molecule has 0 aliphatic carbocycles. The number of thiazole rings is 1. The Kier molecular flexibility index (Phi) is 5.90. The number of rotatable bonds is 7. The Balaban J connectivity index is 1.38. The van der Waals surface area contributed by atoms with Crippen molar-refractivity contribution in [3.05, 3.63) is 53.0 Å². The number of carboxylic acids is 1. The maximum atomic E-state index is 13.0. The summed E-state index contributed by atoms with van der Waals surface area (Å²) >= 11 is 2.46. The zero-order valence-corrected chi connectivity index (χ0v) is 19.8. The molecular weight excluding hydrogens is 496 g/mol. The summed E-state index contributed by atoms with van der Waals surface area (Å²) in [5, 5.41) is 20.4. The summed E-state index contributed by atoms with van der Waals surface area (Å²) in [4.78, 5) is 47.8. The fraction of sp³-hybridized carbons (Fsp3) is 0.238. The molecule has 12 nitrogen and oxygen atoms in total. The number of nitrogens with zero attached hydrogens (tertiary/aromatic N) is 4. The SMILES string of the molecule is CO/N=C(\C(=O)N[C@@H]1C(=O)N2C(C(=O)[O-])=C(C[n+]3cccc4ccoc43)CS[C@H]12)c1csc(N)n1. The topological polar surface area (TPSA) is 167 Å². The van der Waals surface area contributed by atoms with E-state index >= 15 is 0 Å². The average molecular weight is 515 g/mol. The summed E-state index contributed by atoms with van der Waals surface area (Å²) in [6.45, 7) is 0.199. The zero-order valence-electron chi connectivity index (χ0n) is 18.2. The van der Waals surface area contributed by atoms with Crippen LogP contribution in [0.2, 0.25) is 0 Å². The molecule has 3 aromatic heterocycles. The zero-order chi connectivity index (χ0) is 24.7. The number of hydrogen-bond acceptors (Lipinski definition) is 11. The number of carbonyl (C=O) groups is 3. The van der Waals surface area contributed by atoms with Crippen molar-refractivity contribution in [3.8, 4) is 0 Å². The number of nitrogen functional groups attached to an aromatic ring is 1. The predicted molar refractivity (Wildman–Crippen MR) is 124 cm³/mol. The van der Waals surface area contributed by atoms with Gasteiger partial charge in [0.1, 0.15) is 24.2 Å². The van der Waals surface area contributed by atoms with Crippen LogP contribution in [0.25, 0.3) is 11.1 Å². The molecule has 35 heavy (non-hydrogen) atoms. The molecular formula is C21H18N6O6S2. The van der Waals surface area contributed by atoms with Crippen molar-refractivity contribution in [1.29, 1.82) is 0 Å². The Morgan fingerprint density at radius 2 is 2.29 bits per heavy atom. The first kappa shape index (κ1) is 22.9. The number of nitrogens with two attached hydrogens (primary N) is 1. The largest absolute Gasteiger partial charge is 0.543 e. The van der Waals surface area contributed by atoms with E-state index < -0.39 is 29.2 Å². The number of oxime groups is 1. The van der Waals surface area contributed by atoms with E-state index in [9.17, 15) is 19.5 Å². The molecule has 2 aliphatic heterocycles. The number of hydrogen-bond donors (Lipinski definition) is 2. The predicted octanol–water partition coefficient (Wildman–Crippen LogP) is -0.786. The second kappa shape index (κ2) is 9.03. The highest BCUT2D eigenvalue weighted by molar-refractivity contribution is 8.00. The maximum Gasteiger partial charge on any atom is 0.380 e. The van der Waals surface area contributed by atoms with E-state index in [0.29, 0.717) is 17.0 Å². The third-order valence-electron chi connectivity index (χ3n) is 5.53. The van der Waals surface area contributed by atoms with E-state index in [2.05, 4.69) is 15.5 Å².